The number of aliphatic hydroxyl groups is 1. The first-order valence-corrected chi connectivity index (χ1v) is 9.62. The van der Waals surface area contributed by atoms with E-state index < -0.39 is 35.0 Å². The van der Waals surface area contributed by atoms with E-state index in [1.165, 1.54) is 18.7 Å². The molecule has 0 spiro atoms. The van der Waals surface area contributed by atoms with Crippen LogP contribution in [-0.4, -0.2) is 87.5 Å². The second-order valence-electron chi connectivity index (χ2n) is 8.08. The van der Waals surface area contributed by atoms with Gasteiger partial charge in [0.25, 0.3) is 0 Å². The number of hydrogen-bond acceptors (Lipinski definition) is 5. The average molecular weight is 405 g/mol. The summed E-state index contributed by atoms with van der Waals surface area (Å²) in [5.41, 5.74) is -2.54. The highest BCUT2D eigenvalue weighted by Gasteiger charge is 2.64. The number of amides is 2. The Balaban J connectivity index is 1.86. The predicted octanol–water partition coefficient (Wildman–Crippen LogP) is 0.929. The van der Waals surface area contributed by atoms with Gasteiger partial charge in [-0.1, -0.05) is 18.2 Å². The molecule has 0 aliphatic carbocycles. The summed E-state index contributed by atoms with van der Waals surface area (Å²) in [6.45, 7) is 4.24. The average Bonchev–Trinajstić information content (AvgIpc) is 2.70. The molecule has 29 heavy (non-hydrogen) atoms. The third kappa shape index (κ3) is 3.39. The van der Waals surface area contributed by atoms with Gasteiger partial charge < -0.3 is 25.1 Å². The van der Waals surface area contributed by atoms with E-state index in [9.17, 15) is 29.7 Å². The van der Waals surface area contributed by atoms with Crippen molar-refractivity contribution in [3.63, 3.8) is 0 Å². The number of hydrogen-bond donors (Lipinski definition) is 3. The van der Waals surface area contributed by atoms with Crippen LogP contribution in [-0.2, 0) is 9.59 Å². The molecule has 1 aromatic carbocycles. The molecule has 2 heterocycles. The number of β-amino-alcohol motifs (C(OH)–C–C–N with tert-alkyl or cyclic N) is 1. The smallest absolute Gasteiger partial charge is 0.408 e. The number of aliphatic carboxylic acids is 1. The molecular formula is C20H27N3O6. The van der Waals surface area contributed by atoms with Crippen LogP contribution in [0, 0.1) is 5.41 Å². The number of carbonyl (C=O) groups is 3. The number of carboxylic acids is 1. The monoisotopic (exact) mass is 405 g/mol. The molecule has 9 nitrogen and oxygen atoms in total. The van der Waals surface area contributed by atoms with Gasteiger partial charge in [0, 0.05) is 31.9 Å². The molecule has 2 saturated heterocycles. The molecule has 0 saturated carbocycles. The zero-order valence-electron chi connectivity index (χ0n) is 16.6. The highest BCUT2D eigenvalue weighted by atomic mass is 16.4. The van der Waals surface area contributed by atoms with Crippen molar-refractivity contribution in [3.05, 3.63) is 30.3 Å². The van der Waals surface area contributed by atoms with Crippen molar-refractivity contribution in [3.8, 4) is 0 Å². The fourth-order valence-electron chi connectivity index (χ4n) is 4.46. The number of aliphatic hydroxyl groups excluding tert-OH is 1. The largest absolute Gasteiger partial charge is 0.481 e. The van der Waals surface area contributed by atoms with E-state index in [1.54, 1.807) is 0 Å². The van der Waals surface area contributed by atoms with Crippen LogP contribution in [0.15, 0.2) is 30.3 Å². The summed E-state index contributed by atoms with van der Waals surface area (Å²) in [5, 5.41) is 29.7. The molecule has 1 aromatic rings. The molecule has 3 atom stereocenters. The molecule has 2 amide bonds. The van der Waals surface area contributed by atoms with Crippen LogP contribution in [0.3, 0.4) is 0 Å². The molecule has 2 aliphatic rings. The van der Waals surface area contributed by atoms with E-state index in [1.807, 2.05) is 30.3 Å². The van der Waals surface area contributed by atoms with Crippen LogP contribution in [0.5, 0.6) is 0 Å². The fraction of sp³-hybridized carbons (Fsp3) is 0.550. The number of rotatable bonds is 3. The van der Waals surface area contributed by atoms with Crippen LogP contribution in [0.2, 0.25) is 0 Å². The highest BCUT2D eigenvalue weighted by molar-refractivity contribution is 5.96. The third-order valence-corrected chi connectivity index (χ3v) is 6.46. The van der Waals surface area contributed by atoms with Gasteiger partial charge in [0.15, 0.2) is 0 Å². The SMILES string of the molecule is C[C@]1(C(=O)N2CCN(c3ccccc3)CC2)N(C(=O)O)C[C@H](O)C[C@]1(C)C(=O)O. The molecule has 9 heteroatoms. The van der Waals surface area contributed by atoms with E-state index in [2.05, 4.69) is 4.90 Å². The molecule has 3 N–H and O–H groups in total. The summed E-state index contributed by atoms with van der Waals surface area (Å²) in [4.78, 5) is 42.0. The summed E-state index contributed by atoms with van der Waals surface area (Å²) >= 11 is 0. The minimum atomic E-state index is -1.82. The van der Waals surface area contributed by atoms with Crippen molar-refractivity contribution >= 4 is 23.7 Å². The Labute approximate surface area is 169 Å². The standard InChI is InChI=1S/C20H27N3O6/c1-19(17(26)27)12-15(24)13-23(18(28)29)20(19,2)16(25)22-10-8-21(9-11-22)14-6-4-3-5-7-14/h3-7,15,24H,8-13H2,1-2H3,(H,26,27)(H,28,29)/t15-,19-,20-/m1/s1. The number of piperazine rings is 1. The minimum absolute atomic E-state index is 0.196. The van der Waals surface area contributed by atoms with Crippen molar-refractivity contribution in [2.45, 2.75) is 31.9 Å². The zero-order chi connectivity index (χ0) is 21.4. The van der Waals surface area contributed by atoms with E-state index in [0.717, 1.165) is 10.6 Å². The van der Waals surface area contributed by atoms with Gasteiger partial charge in [0.1, 0.15) is 5.54 Å². The first kappa shape index (κ1) is 20.9. The van der Waals surface area contributed by atoms with Gasteiger partial charge in [-0.05, 0) is 32.4 Å². The van der Waals surface area contributed by atoms with Crippen molar-refractivity contribution < 1.29 is 29.7 Å². The summed E-state index contributed by atoms with van der Waals surface area (Å²) in [6, 6.07) is 9.76. The number of benzene rings is 1. The van der Waals surface area contributed by atoms with Crippen LogP contribution in [0.25, 0.3) is 0 Å². The van der Waals surface area contributed by atoms with E-state index >= 15 is 0 Å². The molecule has 2 aliphatic heterocycles. The molecule has 0 radical (unpaired) electrons. The normalized spacial score (nSPS) is 30.2. The molecule has 0 bridgehead atoms. The number of anilines is 1. The lowest BCUT2D eigenvalue weighted by atomic mass is 9.64. The quantitative estimate of drug-likeness (QED) is 0.684. The second-order valence-corrected chi connectivity index (χ2v) is 8.08. The lowest BCUT2D eigenvalue weighted by Gasteiger charge is -2.54. The Morgan fingerprint density at radius 3 is 2.10 bits per heavy atom. The number of para-hydroxylation sites is 1. The van der Waals surface area contributed by atoms with Crippen LogP contribution in [0.1, 0.15) is 20.3 Å². The molecule has 0 aromatic heterocycles. The topological polar surface area (TPSA) is 122 Å². The van der Waals surface area contributed by atoms with Gasteiger partial charge in [-0.15, -0.1) is 0 Å². The molecule has 2 fully saturated rings. The zero-order valence-corrected chi connectivity index (χ0v) is 16.6. The Morgan fingerprint density at radius 2 is 1.59 bits per heavy atom. The van der Waals surface area contributed by atoms with Crippen molar-refractivity contribution in [1.82, 2.24) is 9.80 Å². The highest BCUT2D eigenvalue weighted by Crippen LogP contribution is 2.46. The Hall–Kier alpha value is -2.81. The number of carboxylic acid groups (broad SMARTS) is 2. The first-order chi connectivity index (χ1) is 13.6. The lowest BCUT2D eigenvalue weighted by molar-refractivity contribution is -0.180. The first-order valence-electron chi connectivity index (χ1n) is 9.62. The van der Waals surface area contributed by atoms with Gasteiger partial charge in [0.05, 0.1) is 18.1 Å². The van der Waals surface area contributed by atoms with Gasteiger partial charge in [0.2, 0.25) is 5.91 Å². The molecule has 158 valence electrons. The maximum absolute atomic E-state index is 13.5. The van der Waals surface area contributed by atoms with Crippen LogP contribution >= 0.6 is 0 Å². The molecule has 0 unspecified atom stereocenters. The predicted molar refractivity (Wildman–Crippen MR) is 105 cm³/mol. The van der Waals surface area contributed by atoms with Gasteiger partial charge >= 0.3 is 12.1 Å². The van der Waals surface area contributed by atoms with Crippen molar-refractivity contribution in [1.29, 1.82) is 0 Å². The number of likely N-dealkylation sites (tertiary alicyclic amines) is 1. The molecular weight excluding hydrogens is 378 g/mol. The number of carbonyl (C=O) groups excluding carboxylic acids is 1. The van der Waals surface area contributed by atoms with Gasteiger partial charge in [-0.25, -0.2) is 4.79 Å². The Morgan fingerprint density at radius 1 is 1.00 bits per heavy atom. The van der Waals surface area contributed by atoms with Crippen molar-refractivity contribution in [2.75, 3.05) is 37.6 Å². The van der Waals surface area contributed by atoms with Crippen molar-refractivity contribution in [2.24, 2.45) is 5.41 Å². The Kier molecular flexibility index (Phi) is 5.44. The summed E-state index contributed by atoms with van der Waals surface area (Å²) in [5.74, 6) is -1.84. The maximum atomic E-state index is 13.5. The van der Waals surface area contributed by atoms with Crippen LogP contribution in [0.4, 0.5) is 10.5 Å². The summed E-state index contributed by atoms with van der Waals surface area (Å²) in [6.07, 6.45) is -2.77. The Bertz CT molecular complexity index is 795. The summed E-state index contributed by atoms with van der Waals surface area (Å²) < 4.78 is 0. The third-order valence-electron chi connectivity index (χ3n) is 6.46. The van der Waals surface area contributed by atoms with E-state index in [-0.39, 0.29) is 13.0 Å². The van der Waals surface area contributed by atoms with Crippen LogP contribution < -0.4 is 4.90 Å². The van der Waals surface area contributed by atoms with Gasteiger partial charge in [-0.2, -0.15) is 0 Å². The number of nitrogens with zero attached hydrogens (tertiary/aromatic N) is 3. The van der Waals surface area contributed by atoms with Gasteiger partial charge in [-0.3, -0.25) is 14.5 Å². The maximum Gasteiger partial charge on any atom is 0.408 e. The lowest BCUT2D eigenvalue weighted by Crippen LogP contribution is -2.74. The van der Waals surface area contributed by atoms with E-state index in [0.29, 0.717) is 26.2 Å². The molecule has 3 rings (SSSR count). The summed E-state index contributed by atoms with van der Waals surface area (Å²) in [7, 11) is 0. The fourth-order valence-corrected chi connectivity index (χ4v) is 4.46. The minimum Gasteiger partial charge on any atom is -0.481 e. The van der Waals surface area contributed by atoms with E-state index in [4.69, 9.17) is 0 Å². The number of piperidine rings is 1. The second kappa shape index (κ2) is 7.55.